The van der Waals surface area contributed by atoms with Gasteiger partial charge in [-0.3, -0.25) is 4.99 Å². The van der Waals surface area contributed by atoms with Crippen molar-refractivity contribution in [3.8, 4) is 0 Å². The van der Waals surface area contributed by atoms with Gasteiger partial charge in [0.15, 0.2) is 11.7 Å². The third-order valence-corrected chi connectivity index (χ3v) is 5.28. The maximum absolute atomic E-state index is 5.45. The zero-order valence-electron chi connectivity index (χ0n) is 16.1. The molecule has 0 spiro atoms. The summed E-state index contributed by atoms with van der Waals surface area (Å²) in [5.74, 6) is 2.66. The van der Waals surface area contributed by atoms with Gasteiger partial charge in [-0.25, -0.2) is 0 Å². The Kier molecular flexibility index (Phi) is 10.9. The van der Waals surface area contributed by atoms with Gasteiger partial charge in [0.1, 0.15) is 0 Å². The van der Waals surface area contributed by atoms with Crippen LogP contribution >= 0.6 is 35.3 Å². The first kappa shape index (κ1) is 23.0. The molecule has 0 aromatic carbocycles. The van der Waals surface area contributed by atoms with Crippen molar-refractivity contribution in [3.05, 3.63) is 39.9 Å². The predicted molar refractivity (Wildman–Crippen MR) is 121 cm³/mol. The molecule has 26 heavy (non-hydrogen) atoms. The van der Waals surface area contributed by atoms with Crippen molar-refractivity contribution in [3.63, 3.8) is 0 Å². The van der Waals surface area contributed by atoms with Crippen LogP contribution in [-0.2, 0) is 13.0 Å². The summed E-state index contributed by atoms with van der Waals surface area (Å²) in [5, 5.41) is 13.0. The van der Waals surface area contributed by atoms with Gasteiger partial charge in [-0.1, -0.05) is 32.0 Å². The van der Waals surface area contributed by atoms with Crippen molar-refractivity contribution >= 4 is 41.3 Å². The Balaban J connectivity index is 0.00000338. The third kappa shape index (κ3) is 7.26. The molecule has 146 valence electrons. The molecule has 2 N–H and O–H groups in total. The summed E-state index contributed by atoms with van der Waals surface area (Å²) in [7, 11) is 1.79. The van der Waals surface area contributed by atoms with Gasteiger partial charge >= 0.3 is 0 Å². The standard InChI is InChI=1S/C19H30N4OS.HI/c1-5-15(6-2)18-11-16(24-23-18)13-22-19(20-4)21-12-14(3)10-17-8-7-9-25-17;/h7-9,11,14-15H,5-6,10,12-13H2,1-4H3,(H2,20,21,22);1H. The fourth-order valence-electron chi connectivity index (χ4n) is 2.82. The number of thiophene rings is 1. The highest BCUT2D eigenvalue weighted by molar-refractivity contribution is 14.0. The molecule has 7 heteroatoms. The van der Waals surface area contributed by atoms with Crippen molar-refractivity contribution in [2.45, 2.75) is 52.5 Å². The highest BCUT2D eigenvalue weighted by Gasteiger charge is 2.13. The summed E-state index contributed by atoms with van der Waals surface area (Å²) in [6.07, 6.45) is 3.26. The fourth-order valence-corrected chi connectivity index (χ4v) is 3.69. The average Bonchev–Trinajstić information content (AvgIpc) is 3.28. The van der Waals surface area contributed by atoms with Crippen molar-refractivity contribution < 1.29 is 4.52 Å². The van der Waals surface area contributed by atoms with Gasteiger partial charge in [-0.05, 0) is 36.6 Å². The molecule has 0 amide bonds. The van der Waals surface area contributed by atoms with Crippen LogP contribution in [0.15, 0.2) is 33.1 Å². The van der Waals surface area contributed by atoms with Crippen LogP contribution in [-0.4, -0.2) is 24.7 Å². The van der Waals surface area contributed by atoms with Crippen LogP contribution in [0.3, 0.4) is 0 Å². The van der Waals surface area contributed by atoms with Crippen molar-refractivity contribution in [1.29, 1.82) is 0 Å². The Hall–Kier alpha value is -1.09. The maximum atomic E-state index is 5.45. The van der Waals surface area contributed by atoms with Gasteiger partial charge < -0.3 is 15.2 Å². The maximum Gasteiger partial charge on any atom is 0.191 e. The van der Waals surface area contributed by atoms with Crippen LogP contribution < -0.4 is 10.6 Å². The third-order valence-electron chi connectivity index (χ3n) is 4.38. The monoisotopic (exact) mass is 490 g/mol. The molecule has 5 nitrogen and oxygen atoms in total. The lowest BCUT2D eigenvalue weighted by Gasteiger charge is -2.15. The summed E-state index contributed by atoms with van der Waals surface area (Å²) in [6.45, 7) is 8.09. The first-order valence-electron chi connectivity index (χ1n) is 9.08. The van der Waals surface area contributed by atoms with Crippen LogP contribution in [0.2, 0.25) is 0 Å². The van der Waals surface area contributed by atoms with Crippen LogP contribution in [0.25, 0.3) is 0 Å². The predicted octanol–water partition coefficient (Wildman–Crippen LogP) is 4.80. The highest BCUT2D eigenvalue weighted by atomic mass is 127. The lowest BCUT2D eigenvalue weighted by atomic mass is 9.99. The first-order valence-corrected chi connectivity index (χ1v) is 9.96. The largest absolute Gasteiger partial charge is 0.359 e. The van der Waals surface area contributed by atoms with Crippen molar-refractivity contribution in [1.82, 2.24) is 15.8 Å². The fraction of sp³-hybridized carbons (Fsp3) is 0.579. The summed E-state index contributed by atoms with van der Waals surface area (Å²) >= 11 is 1.81. The van der Waals surface area contributed by atoms with E-state index >= 15 is 0 Å². The van der Waals surface area contributed by atoms with Crippen molar-refractivity contribution in [2.75, 3.05) is 13.6 Å². The number of hydrogen-bond acceptors (Lipinski definition) is 4. The van der Waals surface area contributed by atoms with Crippen LogP contribution in [0, 0.1) is 5.92 Å². The van der Waals surface area contributed by atoms with E-state index in [2.05, 4.69) is 65.1 Å². The van der Waals surface area contributed by atoms with Crippen LogP contribution in [0.4, 0.5) is 0 Å². The second-order valence-electron chi connectivity index (χ2n) is 6.43. The quantitative estimate of drug-likeness (QED) is 0.301. The van der Waals surface area contributed by atoms with E-state index < -0.39 is 0 Å². The van der Waals surface area contributed by atoms with E-state index in [0.29, 0.717) is 18.4 Å². The number of hydrogen-bond donors (Lipinski definition) is 2. The Morgan fingerprint density at radius 3 is 2.69 bits per heavy atom. The van der Waals surface area contributed by atoms with Crippen molar-refractivity contribution in [2.24, 2.45) is 10.9 Å². The van der Waals surface area contributed by atoms with Crippen LogP contribution in [0.5, 0.6) is 0 Å². The number of halogens is 1. The van der Waals surface area contributed by atoms with E-state index in [1.165, 1.54) is 4.88 Å². The molecule has 1 unspecified atom stereocenters. The lowest BCUT2D eigenvalue weighted by Crippen LogP contribution is -2.39. The average molecular weight is 490 g/mol. The number of guanidine groups is 1. The van der Waals surface area contributed by atoms with E-state index in [1.54, 1.807) is 7.05 Å². The molecule has 0 bridgehead atoms. The highest BCUT2D eigenvalue weighted by Crippen LogP contribution is 2.22. The Morgan fingerprint density at radius 1 is 1.31 bits per heavy atom. The molecule has 0 aliphatic heterocycles. The molecule has 2 aromatic rings. The van der Waals surface area contributed by atoms with Gasteiger partial charge in [-0.2, -0.15) is 0 Å². The second-order valence-corrected chi connectivity index (χ2v) is 7.46. The summed E-state index contributed by atoms with van der Waals surface area (Å²) in [4.78, 5) is 5.71. The minimum absolute atomic E-state index is 0. The van der Waals surface area contributed by atoms with E-state index in [4.69, 9.17) is 4.52 Å². The zero-order valence-corrected chi connectivity index (χ0v) is 19.3. The van der Waals surface area contributed by atoms with E-state index in [1.807, 2.05) is 11.3 Å². The summed E-state index contributed by atoms with van der Waals surface area (Å²) in [5.41, 5.74) is 1.05. The molecule has 0 radical (unpaired) electrons. The molecular formula is C19H31IN4OS. The zero-order chi connectivity index (χ0) is 18.1. The van der Waals surface area contributed by atoms with Gasteiger partial charge in [0.2, 0.25) is 0 Å². The molecule has 2 heterocycles. The topological polar surface area (TPSA) is 62.5 Å². The van der Waals surface area contributed by atoms with Gasteiger partial charge in [-0.15, -0.1) is 35.3 Å². The molecular weight excluding hydrogens is 459 g/mol. The second kappa shape index (κ2) is 12.3. The Morgan fingerprint density at radius 2 is 2.08 bits per heavy atom. The number of aromatic nitrogens is 1. The SMILES string of the molecule is CCC(CC)c1cc(CNC(=NC)NCC(C)Cc2cccs2)on1.I. The molecule has 0 saturated heterocycles. The summed E-state index contributed by atoms with van der Waals surface area (Å²) in [6, 6.07) is 6.35. The number of aliphatic imine (C=N–C) groups is 1. The summed E-state index contributed by atoms with van der Waals surface area (Å²) < 4.78 is 5.45. The van der Waals surface area contributed by atoms with E-state index in [0.717, 1.165) is 43.2 Å². The molecule has 1 atom stereocenters. The minimum atomic E-state index is 0. The normalized spacial score (nSPS) is 12.7. The van der Waals surface area contributed by atoms with E-state index in [9.17, 15) is 0 Å². The number of nitrogens with zero attached hydrogens (tertiary/aromatic N) is 2. The Bertz CT molecular complexity index is 638. The van der Waals surface area contributed by atoms with Gasteiger partial charge in [0.05, 0.1) is 12.2 Å². The smallest absolute Gasteiger partial charge is 0.191 e. The molecule has 0 fully saturated rings. The molecule has 2 aromatic heterocycles. The lowest BCUT2D eigenvalue weighted by molar-refractivity contribution is 0.368. The minimum Gasteiger partial charge on any atom is -0.359 e. The number of rotatable bonds is 9. The number of nitrogens with one attached hydrogen (secondary N) is 2. The van der Waals surface area contributed by atoms with E-state index in [-0.39, 0.29) is 24.0 Å². The van der Waals surface area contributed by atoms with Crippen LogP contribution in [0.1, 0.15) is 55.9 Å². The molecule has 2 rings (SSSR count). The van der Waals surface area contributed by atoms with Gasteiger partial charge in [0.25, 0.3) is 0 Å². The molecule has 0 aliphatic rings. The molecule has 0 aliphatic carbocycles. The molecule has 0 saturated carbocycles. The van der Waals surface area contributed by atoms with Gasteiger partial charge in [0, 0.05) is 30.5 Å². The first-order chi connectivity index (χ1) is 12.2. The Labute approximate surface area is 178 Å².